The van der Waals surface area contributed by atoms with E-state index in [1.807, 2.05) is 24.3 Å². The number of rotatable bonds is 7. The summed E-state index contributed by atoms with van der Waals surface area (Å²) < 4.78 is 31.6. The van der Waals surface area contributed by atoms with E-state index in [2.05, 4.69) is 9.98 Å². The Balaban J connectivity index is 1.55. The molecule has 1 aromatic heterocycles. The van der Waals surface area contributed by atoms with Crippen molar-refractivity contribution in [2.75, 3.05) is 6.54 Å². The number of pyridine rings is 1. The van der Waals surface area contributed by atoms with E-state index in [0.29, 0.717) is 31.2 Å². The third kappa shape index (κ3) is 5.34. The topological polar surface area (TPSA) is 121 Å². The third-order valence-corrected chi connectivity index (χ3v) is 7.56. The van der Waals surface area contributed by atoms with Gasteiger partial charge in [0.05, 0.1) is 10.1 Å². The van der Waals surface area contributed by atoms with Crippen LogP contribution in [0, 0.1) is 5.92 Å². The van der Waals surface area contributed by atoms with Gasteiger partial charge in [-0.1, -0.05) is 18.2 Å². The highest BCUT2D eigenvalue weighted by Gasteiger charge is 2.32. The molecule has 2 aliphatic rings. The van der Waals surface area contributed by atoms with E-state index < -0.39 is 9.84 Å². The number of aliphatic imine (C=N–C) groups is 1. The molecule has 0 amide bonds. The maximum atomic E-state index is 12.9. The second-order valence-electron chi connectivity index (χ2n) is 7.32. The van der Waals surface area contributed by atoms with Gasteiger partial charge >= 0.3 is 0 Å². The lowest BCUT2D eigenvalue weighted by molar-refractivity contribution is 0.241. The minimum absolute atomic E-state index is 0.0609. The zero-order valence-corrected chi connectivity index (χ0v) is 16.7. The summed E-state index contributed by atoms with van der Waals surface area (Å²) in [6.45, 7) is 0.599. The molecular formula is C20H28N4O3S. The van der Waals surface area contributed by atoms with Gasteiger partial charge in [0.25, 0.3) is 0 Å². The molecule has 1 unspecified atom stereocenters. The fourth-order valence-electron chi connectivity index (χ4n) is 3.70. The van der Waals surface area contributed by atoms with E-state index in [0.717, 1.165) is 25.7 Å². The van der Waals surface area contributed by atoms with Crippen molar-refractivity contribution in [2.24, 2.45) is 22.4 Å². The Morgan fingerprint density at radius 1 is 1.18 bits per heavy atom. The largest absolute Gasteiger partial charge is 0.470 e. The zero-order valence-electron chi connectivity index (χ0n) is 15.9. The molecule has 152 valence electrons. The van der Waals surface area contributed by atoms with Crippen molar-refractivity contribution in [3.8, 4) is 5.88 Å². The maximum Gasteiger partial charge on any atom is 0.213 e. The molecule has 0 bridgehead atoms. The van der Waals surface area contributed by atoms with E-state index in [1.165, 1.54) is 6.20 Å². The first-order chi connectivity index (χ1) is 13.4. The Bertz CT molecular complexity index is 835. The second kappa shape index (κ2) is 9.23. The Kier molecular flexibility index (Phi) is 6.72. The van der Waals surface area contributed by atoms with Crippen molar-refractivity contribution in [2.45, 2.75) is 54.8 Å². The number of ether oxygens (including phenoxy) is 1. The van der Waals surface area contributed by atoms with Gasteiger partial charge in [0.2, 0.25) is 5.88 Å². The van der Waals surface area contributed by atoms with Crippen LogP contribution in [0.15, 0.2) is 52.5 Å². The predicted octanol–water partition coefficient (Wildman–Crippen LogP) is 2.34. The van der Waals surface area contributed by atoms with Crippen LogP contribution in [0.1, 0.15) is 38.5 Å². The van der Waals surface area contributed by atoms with Gasteiger partial charge in [0.15, 0.2) is 15.8 Å². The minimum Gasteiger partial charge on any atom is -0.470 e. The fraction of sp³-hybridized carbons (Fsp3) is 0.500. The van der Waals surface area contributed by atoms with E-state index in [1.54, 1.807) is 12.1 Å². The fourth-order valence-corrected chi connectivity index (χ4v) is 5.44. The van der Waals surface area contributed by atoms with Gasteiger partial charge in [-0.05, 0) is 50.2 Å². The van der Waals surface area contributed by atoms with Crippen molar-refractivity contribution >= 4 is 15.8 Å². The van der Waals surface area contributed by atoms with Gasteiger partial charge in [-0.3, -0.25) is 4.99 Å². The molecule has 1 aromatic rings. The molecule has 1 heterocycles. The Labute approximate surface area is 166 Å². The number of sulfone groups is 1. The van der Waals surface area contributed by atoms with Gasteiger partial charge in [0, 0.05) is 25.2 Å². The normalized spacial score (nSPS) is 24.6. The summed E-state index contributed by atoms with van der Waals surface area (Å²) in [6, 6.07) is 3.24. The van der Waals surface area contributed by atoms with Gasteiger partial charge < -0.3 is 16.2 Å². The number of hydrogen-bond acceptors (Lipinski definition) is 5. The Morgan fingerprint density at radius 3 is 2.57 bits per heavy atom. The molecule has 0 aliphatic heterocycles. The molecular weight excluding hydrogens is 376 g/mol. The molecule has 0 spiro atoms. The smallest absolute Gasteiger partial charge is 0.213 e. The number of allylic oxidation sites excluding steroid dienone is 2. The van der Waals surface area contributed by atoms with E-state index in [-0.39, 0.29) is 22.2 Å². The summed E-state index contributed by atoms with van der Waals surface area (Å²) in [6.07, 6.45) is 14.0. The lowest BCUT2D eigenvalue weighted by Crippen LogP contribution is -2.28. The van der Waals surface area contributed by atoms with E-state index in [4.69, 9.17) is 16.2 Å². The van der Waals surface area contributed by atoms with Crippen LogP contribution in [0.2, 0.25) is 0 Å². The number of hydrogen-bond donors (Lipinski definition) is 2. The molecule has 3 rings (SSSR count). The van der Waals surface area contributed by atoms with Crippen LogP contribution >= 0.6 is 0 Å². The first kappa shape index (κ1) is 20.4. The van der Waals surface area contributed by atoms with Gasteiger partial charge in [-0.2, -0.15) is 0 Å². The van der Waals surface area contributed by atoms with Crippen LogP contribution in [-0.4, -0.2) is 37.3 Å². The second-order valence-corrected chi connectivity index (χ2v) is 9.55. The number of guanidine groups is 1. The van der Waals surface area contributed by atoms with Crippen LogP contribution in [-0.2, 0) is 9.84 Å². The van der Waals surface area contributed by atoms with E-state index in [9.17, 15) is 8.42 Å². The molecule has 0 radical (unpaired) electrons. The minimum atomic E-state index is -3.38. The zero-order chi connectivity index (χ0) is 20.0. The van der Waals surface area contributed by atoms with Gasteiger partial charge in [-0.15, -0.1) is 0 Å². The molecule has 7 nitrogen and oxygen atoms in total. The molecule has 1 fully saturated rings. The Morgan fingerprint density at radius 2 is 1.96 bits per heavy atom. The number of nitrogens with two attached hydrogens (primary N) is 2. The maximum absolute atomic E-state index is 12.9. The van der Waals surface area contributed by atoms with Crippen LogP contribution in [0.3, 0.4) is 0 Å². The third-order valence-electron chi connectivity index (χ3n) is 5.32. The van der Waals surface area contributed by atoms with Crippen molar-refractivity contribution in [1.29, 1.82) is 0 Å². The molecule has 1 saturated carbocycles. The van der Waals surface area contributed by atoms with Crippen molar-refractivity contribution in [3.63, 3.8) is 0 Å². The lowest BCUT2D eigenvalue weighted by atomic mass is 9.87. The summed E-state index contributed by atoms with van der Waals surface area (Å²) >= 11 is 0. The molecule has 2 aliphatic carbocycles. The quantitative estimate of drug-likeness (QED) is 0.531. The number of nitrogens with zero attached hydrogens (tertiary/aromatic N) is 2. The highest BCUT2D eigenvalue weighted by molar-refractivity contribution is 7.92. The highest BCUT2D eigenvalue weighted by Crippen LogP contribution is 2.33. The standard InChI is InChI=1S/C20H28N4O3S/c21-20(22)23-13-12-15-6-8-17(9-7-15)28(25,26)18-10-11-19(24-14-18)27-16-4-2-1-3-5-16/h1-4,10-11,14-17H,5-9,12-13H2,(H4,21,22,23). The van der Waals surface area contributed by atoms with Gasteiger partial charge in [-0.25, -0.2) is 13.4 Å². The van der Waals surface area contributed by atoms with Crippen LogP contribution in [0.5, 0.6) is 5.88 Å². The molecule has 1 atom stereocenters. The van der Waals surface area contributed by atoms with Crippen molar-refractivity contribution < 1.29 is 13.2 Å². The van der Waals surface area contributed by atoms with Crippen LogP contribution in [0.25, 0.3) is 0 Å². The SMILES string of the molecule is NC(N)=NCCC1CCC(S(=O)(=O)c2ccc(OC3C=CC=CC3)nc2)CC1. The summed E-state index contributed by atoms with van der Waals surface area (Å²) in [5, 5.41) is -0.355. The summed E-state index contributed by atoms with van der Waals surface area (Å²) in [7, 11) is -3.38. The average Bonchev–Trinajstić information content (AvgIpc) is 2.69. The Hall–Kier alpha value is -2.35. The molecule has 8 heteroatoms. The van der Waals surface area contributed by atoms with Crippen molar-refractivity contribution in [3.05, 3.63) is 42.6 Å². The van der Waals surface area contributed by atoms with Gasteiger partial charge in [0.1, 0.15) is 6.10 Å². The summed E-state index contributed by atoms with van der Waals surface area (Å²) in [4.78, 5) is 8.48. The van der Waals surface area contributed by atoms with Crippen LogP contribution < -0.4 is 16.2 Å². The van der Waals surface area contributed by atoms with E-state index >= 15 is 0 Å². The molecule has 28 heavy (non-hydrogen) atoms. The lowest BCUT2D eigenvalue weighted by Gasteiger charge is -2.28. The molecule has 4 N–H and O–H groups in total. The van der Waals surface area contributed by atoms with Crippen molar-refractivity contribution in [1.82, 2.24) is 4.98 Å². The highest BCUT2D eigenvalue weighted by atomic mass is 32.2. The summed E-state index contributed by atoms with van der Waals surface area (Å²) in [5.74, 6) is 1.01. The average molecular weight is 405 g/mol. The monoisotopic (exact) mass is 404 g/mol. The van der Waals surface area contributed by atoms with Crippen LogP contribution in [0.4, 0.5) is 0 Å². The number of aromatic nitrogens is 1. The molecule has 0 saturated heterocycles. The predicted molar refractivity (Wildman–Crippen MR) is 110 cm³/mol. The first-order valence-corrected chi connectivity index (χ1v) is 11.2. The summed E-state index contributed by atoms with van der Waals surface area (Å²) in [5.41, 5.74) is 10.7. The molecule has 0 aromatic carbocycles. The first-order valence-electron chi connectivity index (χ1n) is 9.70.